The van der Waals surface area contributed by atoms with Crippen LogP contribution in [-0.4, -0.2) is 42.6 Å². The van der Waals surface area contributed by atoms with E-state index in [9.17, 15) is 10.1 Å². The summed E-state index contributed by atoms with van der Waals surface area (Å²) in [5.74, 6) is 0.314. The lowest BCUT2D eigenvalue weighted by Crippen LogP contribution is -2.26. The van der Waals surface area contributed by atoms with Crippen molar-refractivity contribution in [2.75, 3.05) is 26.9 Å². The standard InChI is InChI=1S/C25H26N4O3/c1-3-32-15-7-14-27-25(30)20(17-26)16-21-18-29(22-8-5-4-6-9-22)28-24(21)19-10-12-23(31-2)13-11-19/h4-6,8-13,16,18H,3,7,14-15H2,1-2H3,(H,27,30)/b20-16+. The van der Waals surface area contributed by atoms with Crippen molar-refractivity contribution >= 4 is 12.0 Å². The van der Waals surface area contributed by atoms with Crippen LogP contribution in [0.15, 0.2) is 66.4 Å². The van der Waals surface area contributed by atoms with Crippen molar-refractivity contribution < 1.29 is 14.3 Å². The summed E-state index contributed by atoms with van der Waals surface area (Å²) in [4.78, 5) is 12.5. The first-order valence-electron chi connectivity index (χ1n) is 10.4. The Labute approximate surface area is 187 Å². The van der Waals surface area contributed by atoms with Gasteiger partial charge in [-0.2, -0.15) is 10.4 Å². The van der Waals surface area contributed by atoms with Gasteiger partial charge in [0.25, 0.3) is 5.91 Å². The number of hydrogen-bond acceptors (Lipinski definition) is 5. The second-order valence-electron chi connectivity index (χ2n) is 6.92. The minimum Gasteiger partial charge on any atom is -0.497 e. The van der Waals surface area contributed by atoms with E-state index < -0.39 is 5.91 Å². The van der Waals surface area contributed by atoms with E-state index in [-0.39, 0.29) is 5.57 Å². The van der Waals surface area contributed by atoms with Crippen molar-refractivity contribution in [3.8, 4) is 28.8 Å². The molecule has 3 aromatic rings. The molecule has 0 aliphatic heterocycles. The van der Waals surface area contributed by atoms with Gasteiger partial charge < -0.3 is 14.8 Å². The topological polar surface area (TPSA) is 89.2 Å². The quantitative estimate of drug-likeness (QED) is 0.298. The Morgan fingerprint density at radius 1 is 1.19 bits per heavy atom. The van der Waals surface area contributed by atoms with Crippen LogP contribution in [0.25, 0.3) is 23.0 Å². The Morgan fingerprint density at radius 2 is 1.94 bits per heavy atom. The lowest BCUT2D eigenvalue weighted by atomic mass is 10.1. The average molecular weight is 431 g/mol. The zero-order valence-electron chi connectivity index (χ0n) is 18.2. The zero-order chi connectivity index (χ0) is 22.8. The zero-order valence-corrected chi connectivity index (χ0v) is 18.2. The number of benzene rings is 2. The minimum atomic E-state index is -0.419. The number of carbonyl (C=O) groups is 1. The highest BCUT2D eigenvalue weighted by molar-refractivity contribution is 6.02. The minimum absolute atomic E-state index is 0.0174. The number of amides is 1. The number of ether oxygens (including phenoxy) is 2. The normalized spacial score (nSPS) is 11.1. The molecule has 0 unspecified atom stereocenters. The molecule has 0 atom stereocenters. The lowest BCUT2D eigenvalue weighted by molar-refractivity contribution is -0.117. The van der Waals surface area contributed by atoms with Crippen LogP contribution < -0.4 is 10.1 Å². The molecule has 0 bridgehead atoms. The molecule has 7 heteroatoms. The van der Waals surface area contributed by atoms with Gasteiger partial charge >= 0.3 is 0 Å². The van der Waals surface area contributed by atoms with E-state index in [4.69, 9.17) is 14.6 Å². The van der Waals surface area contributed by atoms with Gasteiger partial charge in [0.15, 0.2) is 0 Å². The van der Waals surface area contributed by atoms with Crippen LogP contribution in [0.3, 0.4) is 0 Å². The van der Waals surface area contributed by atoms with Gasteiger partial charge in [0.2, 0.25) is 0 Å². The van der Waals surface area contributed by atoms with Crippen LogP contribution in [0, 0.1) is 11.3 Å². The smallest absolute Gasteiger partial charge is 0.261 e. The monoisotopic (exact) mass is 430 g/mol. The first kappa shape index (κ1) is 22.8. The molecule has 32 heavy (non-hydrogen) atoms. The Hall–Kier alpha value is -3.89. The first-order chi connectivity index (χ1) is 15.7. The molecule has 0 aliphatic carbocycles. The molecule has 1 heterocycles. The number of nitriles is 1. The van der Waals surface area contributed by atoms with Gasteiger partial charge in [-0.25, -0.2) is 4.68 Å². The number of para-hydroxylation sites is 1. The van der Waals surface area contributed by atoms with E-state index in [0.717, 1.165) is 17.0 Å². The molecule has 164 valence electrons. The number of hydrogen-bond donors (Lipinski definition) is 1. The van der Waals surface area contributed by atoms with Crippen molar-refractivity contribution in [1.82, 2.24) is 15.1 Å². The predicted molar refractivity (Wildman–Crippen MR) is 123 cm³/mol. The maximum absolute atomic E-state index is 12.5. The Morgan fingerprint density at radius 3 is 2.59 bits per heavy atom. The van der Waals surface area contributed by atoms with Crippen LogP contribution in [0.1, 0.15) is 18.9 Å². The molecule has 0 aliphatic rings. The summed E-state index contributed by atoms with van der Waals surface area (Å²) >= 11 is 0. The largest absolute Gasteiger partial charge is 0.497 e. The SMILES string of the molecule is CCOCCCNC(=O)/C(C#N)=C/c1cn(-c2ccccc2)nc1-c1ccc(OC)cc1. The lowest BCUT2D eigenvalue weighted by Gasteiger charge is -2.05. The fraction of sp³-hybridized carbons (Fsp3) is 0.240. The molecule has 0 saturated heterocycles. The number of nitrogens with one attached hydrogen (secondary N) is 1. The summed E-state index contributed by atoms with van der Waals surface area (Å²) in [6.07, 6.45) is 4.07. The van der Waals surface area contributed by atoms with Gasteiger partial charge in [0.05, 0.1) is 18.5 Å². The number of carbonyl (C=O) groups excluding carboxylic acids is 1. The van der Waals surface area contributed by atoms with Gasteiger partial charge in [-0.3, -0.25) is 4.79 Å². The third-order valence-corrected chi connectivity index (χ3v) is 4.75. The Kier molecular flexibility index (Phi) is 8.18. The summed E-state index contributed by atoms with van der Waals surface area (Å²) in [5.41, 5.74) is 3.07. The van der Waals surface area contributed by atoms with Gasteiger partial charge in [-0.05, 0) is 55.8 Å². The van der Waals surface area contributed by atoms with Gasteiger partial charge in [0.1, 0.15) is 17.4 Å². The predicted octanol–water partition coefficient (Wildman–Crippen LogP) is 4.00. The molecule has 1 N–H and O–H groups in total. The maximum Gasteiger partial charge on any atom is 0.261 e. The van der Waals surface area contributed by atoms with Crippen LogP contribution in [0.4, 0.5) is 0 Å². The van der Waals surface area contributed by atoms with E-state index in [1.807, 2.05) is 73.8 Å². The van der Waals surface area contributed by atoms with E-state index >= 15 is 0 Å². The number of rotatable bonds is 10. The van der Waals surface area contributed by atoms with Crippen LogP contribution in [0.5, 0.6) is 5.75 Å². The first-order valence-corrected chi connectivity index (χ1v) is 10.4. The fourth-order valence-electron chi connectivity index (χ4n) is 3.10. The summed E-state index contributed by atoms with van der Waals surface area (Å²) in [6.45, 7) is 3.56. The molecule has 0 radical (unpaired) electrons. The second-order valence-corrected chi connectivity index (χ2v) is 6.92. The van der Waals surface area contributed by atoms with Crippen molar-refractivity contribution in [2.24, 2.45) is 0 Å². The second kappa shape index (κ2) is 11.5. The van der Waals surface area contributed by atoms with Crippen molar-refractivity contribution in [2.45, 2.75) is 13.3 Å². The average Bonchev–Trinajstić information content (AvgIpc) is 3.26. The molecule has 3 rings (SSSR count). The maximum atomic E-state index is 12.5. The highest BCUT2D eigenvalue weighted by atomic mass is 16.5. The molecule has 7 nitrogen and oxygen atoms in total. The highest BCUT2D eigenvalue weighted by Crippen LogP contribution is 2.27. The molecule has 0 spiro atoms. The van der Waals surface area contributed by atoms with Crippen LogP contribution in [-0.2, 0) is 9.53 Å². The Balaban J connectivity index is 1.92. The number of nitrogens with zero attached hydrogens (tertiary/aromatic N) is 3. The summed E-state index contributed by atoms with van der Waals surface area (Å²) in [7, 11) is 1.61. The number of aromatic nitrogens is 2. The van der Waals surface area contributed by atoms with E-state index in [1.54, 1.807) is 17.9 Å². The van der Waals surface area contributed by atoms with Gasteiger partial charge in [-0.1, -0.05) is 18.2 Å². The molecule has 1 aromatic heterocycles. The number of methoxy groups -OCH3 is 1. The van der Waals surface area contributed by atoms with E-state index in [1.165, 1.54) is 0 Å². The fourth-order valence-corrected chi connectivity index (χ4v) is 3.10. The van der Waals surface area contributed by atoms with Gasteiger partial charge in [0, 0.05) is 37.1 Å². The molecule has 0 saturated carbocycles. The molecular formula is C25H26N4O3. The summed E-state index contributed by atoms with van der Waals surface area (Å²) in [5, 5.41) is 17.1. The molecule has 1 amide bonds. The van der Waals surface area contributed by atoms with Crippen molar-refractivity contribution in [3.05, 3.63) is 71.9 Å². The van der Waals surface area contributed by atoms with E-state index in [2.05, 4.69) is 5.32 Å². The van der Waals surface area contributed by atoms with E-state index in [0.29, 0.717) is 37.4 Å². The third-order valence-electron chi connectivity index (χ3n) is 4.75. The van der Waals surface area contributed by atoms with Crippen LogP contribution >= 0.6 is 0 Å². The van der Waals surface area contributed by atoms with Gasteiger partial charge in [-0.15, -0.1) is 0 Å². The third kappa shape index (κ3) is 5.84. The van der Waals surface area contributed by atoms with Crippen molar-refractivity contribution in [3.63, 3.8) is 0 Å². The van der Waals surface area contributed by atoms with Crippen LogP contribution in [0.2, 0.25) is 0 Å². The highest BCUT2D eigenvalue weighted by Gasteiger charge is 2.15. The molecule has 0 fully saturated rings. The molecular weight excluding hydrogens is 404 g/mol. The van der Waals surface area contributed by atoms with Crippen molar-refractivity contribution in [1.29, 1.82) is 5.26 Å². The summed E-state index contributed by atoms with van der Waals surface area (Å²) in [6, 6.07) is 19.2. The summed E-state index contributed by atoms with van der Waals surface area (Å²) < 4.78 is 12.3. The Bertz CT molecular complexity index is 1100. The molecule has 2 aromatic carbocycles.